The molecule has 0 unspecified atom stereocenters. The normalized spacial score (nSPS) is 11.1. The molecule has 116 valence electrons. The summed E-state index contributed by atoms with van der Waals surface area (Å²) in [5.74, 6) is -4.86. The molecule has 3 N–H and O–H groups in total. The number of carboxylic acid groups (broad SMARTS) is 1. The van der Waals surface area contributed by atoms with Crippen LogP contribution in [0.2, 0.25) is 0 Å². The van der Waals surface area contributed by atoms with E-state index in [0.29, 0.717) is 12.1 Å². The maximum atomic E-state index is 13.4. The molecule has 0 aliphatic carbocycles. The van der Waals surface area contributed by atoms with Crippen LogP contribution < -0.4 is 10.6 Å². The van der Waals surface area contributed by atoms with E-state index >= 15 is 0 Å². The van der Waals surface area contributed by atoms with Crippen molar-refractivity contribution < 1.29 is 27.9 Å². The number of hydrogen-bond donors (Lipinski definition) is 3. The molecule has 1 aromatic rings. The Morgan fingerprint density at radius 2 is 1.86 bits per heavy atom. The van der Waals surface area contributed by atoms with Crippen LogP contribution in [-0.2, 0) is 4.79 Å². The van der Waals surface area contributed by atoms with Gasteiger partial charge in [0.05, 0.1) is 5.69 Å². The van der Waals surface area contributed by atoms with Crippen molar-refractivity contribution in [3.8, 4) is 0 Å². The Balaban J connectivity index is 2.72. The molecular weight excluding hydrogens is 289 g/mol. The molecule has 0 bridgehead atoms. The van der Waals surface area contributed by atoms with Gasteiger partial charge in [0.15, 0.2) is 11.6 Å². The van der Waals surface area contributed by atoms with Gasteiger partial charge in [-0.25, -0.2) is 18.0 Å². The Morgan fingerprint density at radius 1 is 1.24 bits per heavy atom. The molecule has 0 fully saturated rings. The van der Waals surface area contributed by atoms with Crippen LogP contribution in [0.5, 0.6) is 0 Å². The minimum atomic E-state index is -1.42. The number of hydrogen-bond acceptors (Lipinski definition) is 2. The van der Waals surface area contributed by atoms with E-state index in [0.717, 1.165) is 0 Å². The Morgan fingerprint density at radius 3 is 2.43 bits per heavy atom. The highest BCUT2D eigenvalue weighted by molar-refractivity contribution is 5.89. The topological polar surface area (TPSA) is 78.4 Å². The van der Waals surface area contributed by atoms with E-state index in [-0.39, 0.29) is 12.8 Å². The van der Waals surface area contributed by atoms with Crippen LogP contribution in [-0.4, -0.2) is 22.6 Å². The average Bonchev–Trinajstić information content (AvgIpc) is 2.32. The average molecular weight is 304 g/mol. The Hall–Kier alpha value is -2.25. The molecule has 8 heteroatoms. The Bertz CT molecular complexity index is 562. The number of benzene rings is 1. The molecule has 0 aromatic heterocycles. The number of rotatable bonds is 5. The van der Waals surface area contributed by atoms with E-state index < -0.39 is 40.7 Å². The first-order chi connectivity index (χ1) is 9.60. The van der Waals surface area contributed by atoms with Gasteiger partial charge in [0.25, 0.3) is 0 Å². The van der Waals surface area contributed by atoms with Crippen LogP contribution in [0.3, 0.4) is 0 Å². The Kier molecular flexibility index (Phi) is 5.17. The number of halogens is 3. The number of urea groups is 1. The minimum Gasteiger partial charge on any atom is -0.481 e. The number of nitrogens with one attached hydrogen (secondary N) is 2. The second-order valence-electron chi connectivity index (χ2n) is 5.11. The van der Waals surface area contributed by atoms with Gasteiger partial charge in [-0.3, -0.25) is 4.79 Å². The van der Waals surface area contributed by atoms with Crippen LogP contribution >= 0.6 is 0 Å². The largest absolute Gasteiger partial charge is 0.481 e. The smallest absolute Gasteiger partial charge is 0.319 e. The predicted octanol–water partition coefficient (Wildman–Crippen LogP) is 2.87. The summed E-state index contributed by atoms with van der Waals surface area (Å²) in [4.78, 5) is 22.1. The molecule has 0 aliphatic rings. The number of amides is 2. The molecule has 0 radical (unpaired) electrons. The third-order valence-corrected chi connectivity index (χ3v) is 2.66. The monoisotopic (exact) mass is 304 g/mol. The number of carbonyl (C=O) groups is 2. The van der Waals surface area contributed by atoms with Gasteiger partial charge in [-0.05, 0) is 20.3 Å². The fourth-order valence-electron chi connectivity index (χ4n) is 1.59. The molecule has 21 heavy (non-hydrogen) atoms. The molecule has 5 nitrogen and oxygen atoms in total. The molecule has 0 saturated heterocycles. The van der Waals surface area contributed by atoms with E-state index in [2.05, 4.69) is 5.32 Å². The van der Waals surface area contributed by atoms with Gasteiger partial charge < -0.3 is 15.7 Å². The van der Waals surface area contributed by atoms with Gasteiger partial charge >= 0.3 is 12.0 Å². The van der Waals surface area contributed by atoms with Gasteiger partial charge in [0, 0.05) is 24.1 Å². The maximum Gasteiger partial charge on any atom is 0.319 e. The molecule has 0 spiro atoms. The fourth-order valence-corrected chi connectivity index (χ4v) is 1.59. The summed E-state index contributed by atoms with van der Waals surface area (Å²) >= 11 is 0. The molecule has 0 heterocycles. The first kappa shape index (κ1) is 16.8. The van der Waals surface area contributed by atoms with Crippen LogP contribution in [0.4, 0.5) is 23.7 Å². The second kappa shape index (κ2) is 6.47. The summed E-state index contributed by atoms with van der Waals surface area (Å²) in [6.07, 6.45) is -0.0357. The van der Waals surface area contributed by atoms with Crippen molar-refractivity contribution in [1.29, 1.82) is 0 Å². The second-order valence-corrected chi connectivity index (χ2v) is 5.11. The number of anilines is 1. The third-order valence-electron chi connectivity index (χ3n) is 2.66. The maximum absolute atomic E-state index is 13.4. The van der Waals surface area contributed by atoms with Gasteiger partial charge in [-0.2, -0.15) is 0 Å². The van der Waals surface area contributed by atoms with Crippen molar-refractivity contribution in [3.05, 3.63) is 29.6 Å². The summed E-state index contributed by atoms with van der Waals surface area (Å²) in [7, 11) is 0. The van der Waals surface area contributed by atoms with Crippen molar-refractivity contribution >= 4 is 17.7 Å². The Labute approximate surface area is 119 Å². The summed E-state index contributed by atoms with van der Waals surface area (Å²) in [5.41, 5.74) is -1.52. The zero-order chi connectivity index (χ0) is 16.2. The lowest BCUT2D eigenvalue weighted by molar-refractivity contribution is -0.137. The van der Waals surface area contributed by atoms with Crippen molar-refractivity contribution in [2.24, 2.45) is 0 Å². The van der Waals surface area contributed by atoms with Crippen LogP contribution in [0.25, 0.3) is 0 Å². The minimum absolute atomic E-state index is 0.135. The zero-order valence-corrected chi connectivity index (χ0v) is 11.5. The molecule has 2 amide bonds. The standard InChI is InChI=1S/C13H15F3N2O3/c1-13(2,4-3-10(19)20)18-12(21)17-9-6-7(14)5-8(15)11(9)16/h5-6H,3-4H2,1-2H3,(H,19,20)(H2,17,18,21). The van der Waals surface area contributed by atoms with Crippen molar-refractivity contribution in [1.82, 2.24) is 5.32 Å². The number of carboxylic acids is 1. The lowest BCUT2D eigenvalue weighted by Gasteiger charge is -2.25. The van der Waals surface area contributed by atoms with E-state index in [1.54, 1.807) is 13.8 Å². The van der Waals surface area contributed by atoms with Crippen LogP contribution in [0.15, 0.2) is 12.1 Å². The van der Waals surface area contributed by atoms with Gasteiger partial charge in [-0.1, -0.05) is 0 Å². The van der Waals surface area contributed by atoms with E-state index in [1.807, 2.05) is 5.32 Å². The molecular formula is C13H15F3N2O3. The third kappa shape index (κ3) is 5.33. The van der Waals surface area contributed by atoms with Crippen molar-refractivity contribution in [3.63, 3.8) is 0 Å². The lowest BCUT2D eigenvalue weighted by atomic mass is 9.99. The highest BCUT2D eigenvalue weighted by Crippen LogP contribution is 2.19. The molecule has 0 atom stereocenters. The molecule has 1 rings (SSSR count). The van der Waals surface area contributed by atoms with E-state index in [9.17, 15) is 22.8 Å². The fraction of sp³-hybridized carbons (Fsp3) is 0.385. The van der Waals surface area contributed by atoms with Crippen molar-refractivity contribution in [2.45, 2.75) is 32.2 Å². The zero-order valence-electron chi connectivity index (χ0n) is 11.5. The van der Waals surface area contributed by atoms with Gasteiger partial charge in [-0.15, -0.1) is 0 Å². The SMILES string of the molecule is CC(C)(CCC(=O)O)NC(=O)Nc1cc(F)cc(F)c1F. The highest BCUT2D eigenvalue weighted by Gasteiger charge is 2.22. The van der Waals surface area contributed by atoms with Gasteiger partial charge in [0.1, 0.15) is 5.82 Å². The van der Waals surface area contributed by atoms with Gasteiger partial charge in [0.2, 0.25) is 0 Å². The number of aliphatic carboxylic acids is 1. The first-order valence-electron chi connectivity index (χ1n) is 6.06. The highest BCUT2D eigenvalue weighted by atomic mass is 19.2. The summed E-state index contributed by atoms with van der Waals surface area (Å²) < 4.78 is 39.3. The summed E-state index contributed by atoms with van der Waals surface area (Å²) in [6.45, 7) is 3.13. The van der Waals surface area contributed by atoms with Crippen LogP contribution in [0, 0.1) is 17.5 Å². The number of carbonyl (C=O) groups excluding carboxylic acids is 1. The molecule has 0 aliphatic heterocycles. The summed E-state index contributed by atoms with van der Waals surface area (Å²) in [6, 6.07) is 0.103. The lowest BCUT2D eigenvalue weighted by Crippen LogP contribution is -2.45. The summed E-state index contributed by atoms with van der Waals surface area (Å²) in [5, 5.41) is 13.0. The predicted molar refractivity (Wildman–Crippen MR) is 69.4 cm³/mol. The van der Waals surface area contributed by atoms with Crippen LogP contribution in [0.1, 0.15) is 26.7 Å². The first-order valence-corrected chi connectivity index (χ1v) is 6.06. The van der Waals surface area contributed by atoms with E-state index in [4.69, 9.17) is 5.11 Å². The molecule has 1 aromatic carbocycles. The van der Waals surface area contributed by atoms with E-state index in [1.165, 1.54) is 0 Å². The van der Waals surface area contributed by atoms with Crippen molar-refractivity contribution in [2.75, 3.05) is 5.32 Å². The quantitative estimate of drug-likeness (QED) is 0.732. The molecule has 0 saturated carbocycles.